The van der Waals surface area contributed by atoms with E-state index in [0.29, 0.717) is 25.2 Å². The summed E-state index contributed by atoms with van der Waals surface area (Å²) in [6.45, 7) is 1.11. The number of para-hydroxylation sites is 2. The highest BCUT2D eigenvalue weighted by Crippen LogP contribution is 2.20. The highest BCUT2D eigenvalue weighted by atomic mass is 16.5. The van der Waals surface area contributed by atoms with Crippen LogP contribution in [-0.2, 0) is 13.0 Å². The Balaban J connectivity index is 1.64. The molecule has 0 bridgehead atoms. The third-order valence-corrected chi connectivity index (χ3v) is 3.65. The van der Waals surface area contributed by atoms with Crippen molar-refractivity contribution >= 4 is 16.9 Å². The Morgan fingerprint density at radius 2 is 2.05 bits per heavy atom. The van der Waals surface area contributed by atoms with Crippen molar-refractivity contribution in [2.75, 3.05) is 6.54 Å². The molecular formula is C15H12N4O2. The molecule has 4 rings (SSSR count). The fourth-order valence-corrected chi connectivity index (χ4v) is 2.54. The fourth-order valence-electron chi connectivity index (χ4n) is 2.54. The van der Waals surface area contributed by atoms with E-state index in [0.717, 1.165) is 22.4 Å². The number of hydrogen-bond donors (Lipinski definition) is 0. The number of amides is 1. The number of carbonyl (C=O) groups is 1. The van der Waals surface area contributed by atoms with E-state index < -0.39 is 0 Å². The first-order valence-electron chi connectivity index (χ1n) is 6.75. The molecule has 2 aromatic heterocycles. The van der Waals surface area contributed by atoms with E-state index in [9.17, 15) is 4.79 Å². The summed E-state index contributed by atoms with van der Waals surface area (Å²) in [4.78, 5) is 23.0. The van der Waals surface area contributed by atoms with Crippen LogP contribution < -0.4 is 0 Å². The number of fused-ring (bicyclic) bond motifs is 2. The standard InChI is InChI=1S/C15H12N4O2/c20-15(19-6-5-14-10(9-19)7-17-21-14)13-8-16-11-3-1-2-4-12(11)18-13/h1-4,7-8H,5-6,9H2. The van der Waals surface area contributed by atoms with Gasteiger partial charge in [-0.05, 0) is 12.1 Å². The number of hydrogen-bond acceptors (Lipinski definition) is 5. The van der Waals surface area contributed by atoms with E-state index >= 15 is 0 Å². The van der Waals surface area contributed by atoms with Gasteiger partial charge in [0.25, 0.3) is 5.91 Å². The molecule has 3 heterocycles. The van der Waals surface area contributed by atoms with Gasteiger partial charge in [0.1, 0.15) is 11.5 Å². The summed E-state index contributed by atoms with van der Waals surface area (Å²) in [7, 11) is 0. The lowest BCUT2D eigenvalue weighted by Gasteiger charge is -2.25. The molecule has 0 aliphatic carbocycles. The maximum atomic E-state index is 12.5. The summed E-state index contributed by atoms with van der Waals surface area (Å²) in [5, 5.41) is 3.77. The Labute approximate surface area is 120 Å². The van der Waals surface area contributed by atoms with Crippen LogP contribution in [0.4, 0.5) is 0 Å². The second-order valence-electron chi connectivity index (χ2n) is 4.99. The maximum Gasteiger partial charge on any atom is 0.274 e. The quantitative estimate of drug-likeness (QED) is 0.680. The molecule has 0 unspecified atom stereocenters. The zero-order chi connectivity index (χ0) is 14.2. The van der Waals surface area contributed by atoms with Crippen LogP contribution in [0, 0.1) is 0 Å². The van der Waals surface area contributed by atoms with Crippen LogP contribution >= 0.6 is 0 Å². The summed E-state index contributed by atoms with van der Waals surface area (Å²) in [6.07, 6.45) is 3.89. The second-order valence-corrected chi connectivity index (χ2v) is 4.99. The number of carbonyl (C=O) groups excluding carboxylic acids is 1. The molecule has 1 aliphatic heterocycles. The molecule has 0 atom stereocenters. The van der Waals surface area contributed by atoms with E-state index in [1.54, 1.807) is 11.1 Å². The minimum Gasteiger partial charge on any atom is -0.361 e. The van der Waals surface area contributed by atoms with Crippen LogP contribution in [0.1, 0.15) is 21.8 Å². The van der Waals surface area contributed by atoms with Crippen molar-refractivity contribution < 1.29 is 9.32 Å². The maximum absolute atomic E-state index is 12.5. The molecule has 21 heavy (non-hydrogen) atoms. The molecule has 1 aromatic carbocycles. The second kappa shape index (κ2) is 4.66. The van der Waals surface area contributed by atoms with Crippen molar-refractivity contribution in [1.82, 2.24) is 20.0 Å². The van der Waals surface area contributed by atoms with Crippen molar-refractivity contribution in [1.29, 1.82) is 0 Å². The molecule has 6 heteroatoms. The van der Waals surface area contributed by atoms with Crippen LogP contribution in [0.15, 0.2) is 41.2 Å². The smallest absolute Gasteiger partial charge is 0.274 e. The lowest BCUT2D eigenvalue weighted by molar-refractivity contribution is 0.0723. The normalized spacial score (nSPS) is 14.2. The molecule has 0 radical (unpaired) electrons. The molecule has 0 N–H and O–H groups in total. The topological polar surface area (TPSA) is 72.1 Å². The van der Waals surface area contributed by atoms with E-state index in [4.69, 9.17) is 4.52 Å². The Kier molecular flexibility index (Phi) is 2.67. The van der Waals surface area contributed by atoms with Gasteiger partial charge in [0.05, 0.1) is 30.0 Å². The van der Waals surface area contributed by atoms with E-state index in [1.807, 2.05) is 24.3 Å². The van der Waals surface area contributed by atoms with Gasteiger partial charge in [-0.25, -0.2) is 4.98 Å². The van der Waals surface area contributed by atoms with E-state index in [2.05, 4.69) is 15.1 Å². The summed E-state index contributed by atoms with van der Waals surface area (Å²) >= 11 is 0. The molecule has 1 amide bonds. The molecule has 6 nitrogen and oxygen atoms in total. The van der Waals surface area contributed by atoms with E-state index in [-0.39, 0.29) is 5.91 Å². The van der Waals surface area contributed by atoms with Crippen molar-refractivity contribution in [3.05, 3.63) is 53.7 Å². The Hall–Kier alpha value is -2.76. The SMILES string of the molecule is O=C(c1cnc2ccccc2n1)N1CCc2oncc2C1. The summed E-state index contributed by atoms with van der Waals surface area (Å²) in [5.41, 5.74) is 2.84. The molecule has 104 valence electrons. The first-order chi connectivity index (χ1) is 10.3. The molecule has 1 aliphatic rings. The van der Waals surface area contributed by atoms with Crippen LogP contribution in [0.3, 0.4) is 0 Å². The van der Waals surface area contributed by atoms with Crippen molar-refractivity contribution in [3.63, 3.8) is 0 Å². The van der Waals surface area contributed by atoms with Crippen LogP contribution in [0.25, 0.3) is 11.0 Å². The first-order valence-corrected chi connectivity index (χ1v) is 6.75. The average molecular weight is 280 g/mol. The third kappa shape index (κ3) is 2.05. The monoisotopic (exact) mass is 280 g/mol. The predicted molar refractivity (Wildman–Crippen MR) is 74.5 cm³/mol. The Bertz CT molecular complexity index is 827. The average Bonchev–Trinajstić information content (AvgIpc) is 3.01. The summed E-state index contributed by atoms with van der Waals surface area (Å²) < 4.78 is 5.13. The zero-order valence-corrected chi connectivity index (χ0v) is 11.2. The Morgan fingerprint density at radius 1 is 1.19 bits per heavy atom. The van der Waals surface area contributed by atoms with Crippen LogP contribution in [0.5, 0.6) is 0 Å². The minimum absolute atomic E-state index is 0.111. The molecule has 0 saturated heterocycles. The number of benzene rings is 1. The Morgan fingerprint density at radius 3 is 2.95 bits per heavy atom. The van der Waals surface area contributed by atoms with Crippen LogP contribution in [-0.4, -0.2) is 32.5 Å². The highest BCUT2D eigenvalue weighted by molar-refractivity contribution is 5.93. The number of rotatable bonds is 1. The van der Waals surface area contributed by atoms with Gasteiger partial charge in [-0.2, -0.15) is 0 Å². The highest BCUT2D eigenvalue weighted by Gasteiger charge is 2.25. The van der Waals surface area contributed by atoms with Gasteiger partial charge in [0, 0.05) is 18.5 Å². The van der Waals surface area contributed by atoms with Gasteiger partial charge in [-0.15, -0.1) is 0 Å². The first kappa shape index (κ1) is 12.0. The zero-order valence-electron chi connectivity index (χ0n) is 11.2. The van der Waals surface area contributed by atoms with Crippen molar-refractivity contribution in [3.8, 4) is 0 Å². The summed E-state index contributed by atoms with van der Waals surface area (Å²) in [5.74, 6) is 0.753. The third-order valence-electron chi connectivity index (χ3n) is 3.65. The minimum atomic E-state index is -0.111. The van der Waals surface area contributed by atoms with Gasteiger partial charge in [0.2, 0.25) is 0 Å². The summed E-state index contributed by atoms with van der Waals surface area (Å²) in [6, 6.07) is 7.51. The molecule has 0 spiro atoms. The largest absolute Gasteiger partial charge is 0.361 e. The fraction of sp³-hybridized carbons (Fsp3) is 0.200. The van der Waals surface area contributed by atoms with E-state index in [1.165, 1.54) is 6.20 Å². The van der Waals surface area contributed by atoms with Crippen LogP contribution in [0.2, 0.25) is 0 Å². The van der Waals surface area contributed by atoms with Gasteiger partial charge in [0.15, 0.2) is 0 Å². The molecular weight excluding hydrogens is 268 g/mol. The lowest BCUT2D eigenvalue weighted by Crippen LogP contribution is -2.36. The molecule has 0 fully saturated rings. The van der Waals surface area contributed by atoms with Gasteiger partial charge in [-0.1, -0.05) is 17.3 Å². The number of nitrogens with zero attached hydrogens (tertiary/aromatic N) is 4. The van der Waals surface area contributed by atoms with Crippen molar-refractivity contribution in [2.45, 2.75) is 13.0 Å². The molecule has 3 aromatic rings. The lowest BCUT2D eigenvalue weighted by atomic mass is 10.1. The number of aromatic nitrogens is 3. The predicted octanol–water partition coefficient (Wildman–Crippen LogP) is 1.82. The van der Waals surface area contributed by atoms with Crippen molar-refractivity contribution in [2.24, 2.45) is 0 Å². The molecule has 0 saturated carbocycles. The van der Waals surface area contributed by atoms with Gasteiger partial charge < -0.3 is 9.42 Å². The van der Waals surface area contributed by atoms with Gasteiger partial charge >= 0.3 is 0 Å². The van der Waals surface area contributed by atoms with Gasteiger partial charge in [-0.3, -0.25) is 9.78 Å².